The van der Waals surface area contributed by atoms with Crippen LogP contribution in [0.1, 0.15) is 33.8 Å². The maximum absolute atomic E-state index is 11.8. The molecule has 1 aromatic heterocycles. The molecule has 132 valence electrons. The Labute approximate surface area is 152 Å². The van der Waals surface area contributed by atoms with E-state index in [1.165, 1.54) is 7.11 Å². The molecule has 0 aliphatic rings. The van der Waals surface area contributed by atoms with Crippen LogP contribution in [0.25, 0.3) is 10.9 Å². The summed E-state index contributed by atoms with van der Waals surface area (Å²) < 4.78 is 10.3. The Bertz CT molecular complexity index is 998. The minimum atomic E-state index is -0.414. The molecule has 5 nitrogen and oxygen atoms in total. The van der Waals surface area contributed by atoms with Crippen molar-refractivity contribution in [1.82, 2.24) is 4.98 Å². The van der Waals surface area contributed by atoms with E-state index in [0.717, 1.165) is 22.0 Å². The molecule has 5 heteroatoms. The number of nitrogens with two attached hydrogens (primary N) is 1. The fourth-order valence-electron chi connectivity index (χ4n) is 3.20. The van der Waals surface area contributed by atoms with Crippen LogP contribution >= 0.6 is 0 Å². The Morgan fingerprint density at radius 1 is 1.23 bits per heavy atom. The van der Waals surface area contributed by atoms with Crippen LogP contribution in [-0.2, 0) is 4.74 Å². The molecule has 0 aliphatic heterocycles. The van der Waals surface area contributed by atoms with E-state index >= 15 is 0 Å². The number of fused-ring (bicyclic) bond motifs is 1. The summed E-state index contributed by atoms with van der Waals surface area (Å²) in [6.07, 6.45) is 8.06. The summed E-state index contributed by atoms with van der Waals surface area (Å²) in [5.74, 6) is 2.82. The second kappa shape index (κ2) is 7.24. The van der Waals surface area contributed by atoms with E-state index in [2.05, 4.69) is 10.9 Å². The zero-order valence-electron chi connectivity index (χ0n) is 14.7. The average Bonchev–Trinajstić information content (AvgIpc) is 3.07. The number of rotatable bonds is 5. The minimum Gasteiger partial charge on any atom is -0.496 e. The highest BCUT2D eigenvalue weighted by atomic mass is 16.5. The quantitative estimate of drug-likeness (QED) is 0.419. The maximum atomic E-state index is 11.8. The van der Waals surface area contributed by atoms with Gasteiger partial charge in [-0.15, -0.1) is 12.3 Å². The number of benzene rings is 2. The fraction of sp³-hybridized carbons (Fsp3) is 0.190. The minimum absolute atomic E-state index is 0.0998. The van der Waals surface area contributed by atoms with Crippen LogP contribution in [0.3, 0.4) is 0 Å². The Kier molecular flexibility index (Phi) is 4.85. The molecule has 0 radical (unpaired) electrons. The number of esters is 1. The Morgan fingerprint density at radius 3 is 2.73 bits per heavy atom. The van der Waals surface area contributed by atoms with Gasteiger partial charge in [0, 0.05) is 40.7 Å². The molecule has 0 bridgehead atoms. The van der Waals surface area contributed by atoms with Gasteiger partial charge in [0.2, 0.25) is 0 Å². The molecule has 1 unspecified atom stereocenters. The molecular weight excluding hydrogens is 328 g/mol. The first-order valence-electron chi connectivity index (χ1n) is 8.15. The van der Waals surface area contributed by atoms with E-state index in [-0.39, 0.29) is 5.92 Å². The number of hydrogen-bond donors (Lipinski definition) is 2. The molecule has 0 saturated heterocycles. The number of terminal acetylenes is 1. The largest absolute Gasteiger partial charge is 0.496 e. The van der Waals surface area contributed by atoms with Gasteiger partial charge >= 0.3 is 5.97 Å². The molecule has 3 rings (SSSR count). The van der Waals surface area contributed by atoms with Crippen LogP contribution < -0.4 is 10.5 Å². The molecule has 26 heavy (non-hydrogen) atoms. The number of carbonyl (C=O) groups excluding carboxylic acids is 1. The summed E-state index contributed by atoms with van der Waals surface area (Å²) in [6.45, 7) is 0. The lowest BCUT2D eigenvalue weighted by Crippen LogP contribution is -2.06. The first kappa shape index (κ1) is 17.4. The lowest BCUT2D eigenvalue weighted by molar-refractivity contribution is 0.0600. The number of anilines is 1. The molecule has 1 atom stereocenters. The third kappa shape index (κ3) is 3.09. The maximum Gasteiger partial charge on any atom is 0.337 e. The van der Waals surface area contributed by atoms with Crippen molar-refractivity contribution in [3.8, 4) is 18.1 Å². The predicted molar refractivity (Wildman–Crippen MR) is 102 cm³/mol. The number of carbonyl (C=O) groups is 1. The van der Waals surface area contributed by atoms with Crippen LogP contribution in [-0.4, -0.2) is 25.2 Å². The fourth-order valence-corrected chi connectivity index (χ4v) is 3.20. The van der Waals surface area contributed by atoms with Crippen LogP contribution in [0.2, 0.25) is 0 Å². The van der Waals surface area contributed by atoms with Crippen molar-refractivity contribution in [1.29, 1.82) is 0 Å². The third-order valence-electron chi connectivity index (χ3n) is 4.47. The monoisotopic (exact) mass is 348 g/mol. The zero-order valence-corrected chi connectivity index (χ0v) is 14.7. The van der Waals surface area contributed by atoms with E-state index < -0.39 is 5.97 Å². The first-order chi connectivity index (χ1) is 12.6. The Morgan fingerprint density at radius 2 is 2.04 bits per heavy atom. The second-order valence-electron chi connectivity index (χ2n) is 5.96. The number of aromatic amines is 1. The number of nitrogen functional groups attached to an aromatic ring is 1. The predicted octanol–water partition coefficient (Wildman–Crippen LogP) is 3.70. The van der Waals surface area contributed by atoms with Crippen molar-refractivity contribution >= 4 is 22.6 Å². The van der Waals surface area contributed by atoms with Crippen LogP contribution in [0.4, 0.5) is 5.69 Å². The normalized spacial score (nSPS) is 11.7. The van der Waals surface area contributed by atoms with E-state index in [9.17, 15) is 4.79 Å². The lowest BCUT2D eigenvalue weighted by Gasteiger charge is -2.18. The summed E-state index contributed by atoms with van der Waals surface area (Å²) in [4.78, 5) is 15.1. The van der Waals surface area contributed by atoms with Crippen LogP contribution in [0.15, 0.2) is 42.6 Å². The van der Waals surface area contributed by atoms with Gasteiger partial charge in [0.1, 0.15) is 5.75 Å². The molecule has 0 spiro atoms. The van der Waals surface area contributed by atoms with Crippen molar-refractivity contribution < 1.29 is 14.3 Å². The molecule has 0 saturated carbocycles. The number of aromatic nitrogens is 1. The molecule has 0 amide bonds. The molecular formula is C21H20N2O3. The summed E-state index contributed by atoms with van der Waals surface area (Å²) in [6, 6.07) is 11.0. The van der Waals surface area contributed by atoms with Crippen molar-refractivity contribution in [3.63, 3.8) is 0 Å². The SMILES string of the molecule is C#CCC(c1ccc(C(=O)OC)cc1OC)c1c[nH]c2ccc(N)cc12. The van der Waals surface area contributed by atoms with Crippen molar-refractivity contribution in [3.05, 3.63) is 59.3 Å². The van der Waals surface area contributed by atoms with Crippen LogP contribution in [0.5, 0.6) is 5.75 Å². The van der Waals surface area contributed by atoms with Crippen molar-refractivity contribution in [2.24, 2.45) is 0 Å². The Balaban J connectivity index is 2.15. The number of methoxy groups -OCH3 is 2. The van der Waals surface area contributed by atoms with Gasteiger partial charge in [-0.2, -0.15) is 0 Å². The molecule has 3 N–H and O–H groups in total. The number of H-pyrrole nitrogens is 1. The molecule has 2 aromatic carbocycles. The van der Waals surface area contributed by atoms with Gasteiger partial charge in [-0.05, 0) is 35.9 Å². The van der Waals surface area contributed by atoms with Gasteiger partial charge in [0.05, 0.1) is 19.8 Å². The summed E-state index contributed by atoms with van der Waals surface area (Å²) in [5.41, 5.74) is 10.00. The standard InChI is InChI=1S/C21H20N2O3/c1-4-5-15(18-12-23-19-9-7-14(22)11-17(18)19)16-8-6-13(21(24)26-3)10-20(16)25-2/h1,6-12,15,23H,5,22H2,2-3H3. The van der Waals surface area contributed by atoms with E-state index in [4.69, 9.17) is 21.6 Å². The van der Waals surface area contributed by atoms with Gasteiger partial charge in [-0.25, -0.2) is 4.79 Å². The zero-order chi connectivity index (χ0) is 18.7. The van der Waals surface area contributed by atoms with E-state index in [0.29, 0.717) is 23.4 Å². The second-order valence-corrected chi connectivity index (χ2v) is 5.96. The van der Waals surface area contributed by atoms with E-state index in [1.807, 2.05) is 30.5 Å². The number of ether oxygens (including phenoxy) is 2. The van der Waals surface area contributed by atoms with Gasteiger partial charge in [0.15, 0.2) is 0 Å². The highest BCUT2D eigenvalue weighted by Gasteiger charge is 2.22. The lowest BCUT2D eigenvalue weighted by atomic mass is 9.87. The highest BCUT2D eigenvalue weighted by Crippen LogP contribution is 2.38. The highest BCUT2D eigenvalue weighted by molar-refractivity contribution is 5.90. The first-order valence-corrected chi connectivity index (χ1v) is 8.15. The van der Waals surface area contributed by atoms with Crippen LogP contribution in [0, 0.1) is 12.3 Å². The summed E-state index contributed by atoms with van der Waals surface area (Å²) in [5, 5.41) is 1.02. The van der Waals surface area contributed by atoms with Crippen molar-refractivity contribution in [2.45, 2.75) is 12.3 Å². The number of hydrogen-bond acceptors (Lipinski definition) is 4. The van der Waals surface area contributed by atoms with Gasteiger partial charge in [0.25, 0.3) is 0 Å². The van der Waals surface area contributed by atoms with Crippen molar-refractivity contribution in [2.75, 3.05) is 20.0 Å². The van der Waals surface area contributed by atoms with E-state index in [1.54, 1.807) is 19.2 Å². The summed E-state index contributed by atoms with van der Waals surface area (Å²) in [7, 11) is 2.92. The smallest absolute Gasteiger partial charge is 0.337 e. The molecule has 3 aromatic rings. The average molecular weight is 348 g/mol. The topological polar surface area (TPSA) is 77.3 Å². The van der Waals surface area contributed by atoms with Gasteiger partial charge < -0.3 is 20.2 Å². The molecule has 0 aliphatic carbocycles. The number of nitrogens with one attached hydrogen (secondary N) is 1. The summed E-state index contributed by atoms with van der Waals surface area (Å²) >= 11 is 0. The molecule has 1 heterocycles. The van der Waals surface area contributed by atoms with Gasteiger partial charge in [-0.1, -0.05) is 6.07 Å². The molecule has 0 fully saturated rings. The third-order valence-corrected chi connectivity index (χ3v) is 4.47. The Hall–Kier alpha value is -3.39. The van der Waals surface area contributed by atoms with Gasteiger partial charge in [-0.3, -0.25) is 0 Å².